The predicted molar refractivity (Wildman–Crippen MR) is 150 cm³/mol. The van der Waals surface area contributed by atoms with Gasteiger partial charge in [0.15, 0.2) is 9.84 Å². The van der Waals surface area contributed by atoms with Crippen LogP contribution in [0.4, 0.5) is 0 Å². The quantitative estimate of drug-likeness (QED) is 0.326. The summed E-state index contributed by atoms with van der Waals surface area (Å²) in [7, 11) is -3.79. The van der Waals surface area contributed by atoms with E-state index in [0.29, 0.717) is 38.3 Å². The van der Waals surface area contributed by atoms with Crippen molar-refractivity contribution in [1.82, 2.24) is 15.5 Å². The smallest absolute Gasteiger partial charge is 0.289 e. The number of nitrogens with zero attached hydrogens (tertiary/aromatic N) is 1. The van der Waals surface area contributed by atoms with Crippen molar-refractivity contribution in [2.45, 2.75) is 38.0 Å². The van der Waals surface area contributed by atoms with Crippen molar-refractivity contribution in [3.8, 4) is 0 Å². The van der Waals surface area contributed by atoms with Gasteiger partial charge in [0.25, 0.3) is 5.91 Å². The molecule has 10 nitrogen and oxygen atoms in total. The maximum Gasteiger partial charge on any atom is 0.289 e. The van der Waals surface area contributed by atoms with Crippen LogP contribution in [-0.4, -0.2) is 81.5 Å². The van der Waals surface area contributed by atoms with E-state index >= 15 is 0 Å². The van der Waals surface area contributed by atoms with Gasteiger partial charge in [0.2, 0.25) is 17.6 Å². The molecule has 3 rings (SSSR count). The van der Waals surface area contributed by atoms with Crippen molar-refractivity contribution >= 4 is 33.3 Å². The lowest BCUT2D eigenvalue weighted by atomic mass is 10.0. The summed E-state index contributed by atoms with van der Waals surface area (Å²) in [5.41, 5.74) is 1.56. The van der Waals surface area contributed by atoms with E-state index < -0.39 is 45.1 Å². The molecular weight excluding hydrogens is 534 g/mol. The van der Waals surface area contributed by atoms with Crippen molar-refractivity contribution < 1.29 is 32.3 Å². The predicted octanol–water partition coefficient (Wildman–Crippen LogP) is 1.29. The van der Waals surface area contributed by atoms with E-state index in [1.807, 2.05) is 30.3 Å². The van der Waals surface area contributed by atoms with Gasteiger partial charge in [0.1, 0.15) is 0 Å². The van der Waals surface area contributed by atoms with Crippen LogP contribution in [0.2, 0.25) is 0 Å². The molecule has 3 amide bonds. The fourth-order valence-corrected chi connectivity index (χ4v) is 6.13. The molecular formula is C29H37N3O7S. The molecule has 216 valence electrons. The monoisotopic (exact) mass is 571 g/mol. The first-order chi connectivity index (χ1) is 19.2. The molecule has 0 aliphatic carbocycles. The molecule has 1 aliphatic rings. The Morgan fingerprint density at radius 1 is 0.925 bits per heavy atom. The number of hydrogen-bond donors (Lipinski definition) is 2. The Morgan fingerprint density at radius 3 is 2.12 bits per heavy atom. The van der Waals surface area contributed by atoms with E-state index in [0.717, 1.165) is 5.56 Å². The van der Waals surface area contributed by atoms with Gasteiger partial charge < -0.3 is 20.3 Å². The van der Waals surface area contributed by atoms with E-state index in [2.05, 4.69) is 10.6 Å². The number of rotatable bonds is 14. The number of sulfone groups is 1. The average molecular weight is 572 g/mol. The van der Waals surface area contributed by atoms with Crippen molar-refractivity contribution in [3.05, 3.63) is 71.8 Å². The van der Waals surface area contributed by atoms with Crippen LogP contribution in [0.15, 0.2) is 60.7 Å². The summed E-state index contributed by atoms with van der Waals surface area (Å²) >= 11 is 0. The molecule has 0 spiro atoms. The lowest BCUT2D eigenvalue weighted by Gasteiger charge is -2.28. The zero-order valence-corrected chi connectivity index (χ0v) is 23.5. The van der Waals surface area contributed by atoms with Crippen LogP contribution in [0.3, 0.4) is 0 Å². The molecule has 11 heteroatoms. The Morgan fingerprint density at radius 2 is 1.52 bits per heavy atom. The van der Waals surface area contributed by atoms with Crippen LogP contribution < -0.4 is 10.6 Å². The number of ketones is 1. The second-order valence-corrected chi connectivity index (χ2v) is 11.9. The van der Waals surface area contributed by atoms with Crippen molar-refractivity contribution in [3.63, 3.8) is 0 Å². The van der Waals surface area contributed by atoms with Gasteiger partial charge in [0.05, 0.1) is 36.7 Å². The van der Waals surface area contributed by atoms with Gasteiger partial charge in [-0.1, -0.05) is 67.6 Å². The number of hydrogen-bond acceptors (Lipinski definition) is 7. The number of ether oxygens (including phenoxy) is 1. The van der Waals surface area contributed by atoms with Gasteiger partial charge in [-0.25, -0.2) is 8.42 Å². The molecule has 2 unspecified atom stereocenters. The summed E-state index contributed by atoms with van der Waals surface area (Å²) in [5.74, 6) is -4.87. The second kappa shape index (κ2) is 15.3. The number of nitrogens with one attached hydrogen (secondary N) is 2. The lowest BCUT2D eigenvalue weighted by Crippen LogP contribution is -2.50. The van der Waals surface area contributed by atoms with Gasteiger partial charge in [-0.05, 0) is 24.0 Å². The van der Waals surface area contributed by atoms with Gasteiger partial charge in [-0.3, -0.25) is 19.2 Å². The molecule has 1 aliphatic heterocycles. The Balaban J connectivity index is 1.66. The minimum Gasteiger partial charge on any atom is -0.378 e. The highest BCUT2D eigenvalue weighted by atomic mass is 32.2. The molecule has 0 aromatic heterocycles. The first kappa shape index (κ1) is 31.0. The standard InChI is InChI=1S/C29H37N3O7S/c1-2-25(27(34)29(36)30-14-13-22-9-5-3-6-10-22)31-28(35)24(19-26(33)32-15-17-39-18-16-32)21-40(37,38)20-23-11-7-4-8-12-23/h3-12,24-25H,2,13-21H2,1H3,(H,30,36)(H,31,35). The molecule has 40 heavy (non-hydrogen) atoms. The zero-order chi connectivity index (χ0) is 29.0. The third-order valence-electron chi connectivity index (χ3n) is 6.65. The van der Waals surface area contributed by atoms with E-state index in [1.165, 1.54) is 4.90 Å². The maximum atomic E-state index is 13.3. The fourth-order valence-electron chi connectivity index (χ4n) is 4.43. The van der Waals surface area contributed by atoms with Crippen LogP contribution in [0.5, 0.6) is 0 Å². The second-order valence-electron chi connectivity index (χ2n) is 9.76. The molecule has 1 saturated heterocycles. The summed E-state index contributed by atoms with van der Waals surface area (Å²) in [6.07, 6.45) is 0.319. The molecule has 1 fully saturated rings. The van der Waals surface area contributed by atoms with Crippen molar-refractivity contribution in [2.75, 3.05) is 38.6 Å². The molecule has 0 saturated carbocycles. The summed E-state index contributed by atoms with van der Waals surface area (Å²) in [5, 5.41) is 5.12. The van der Waals surface area contributed by atoms with E-state index in [9.17, 15) is 27.6 Å². The number of morpholine rings is 1. The van der Waals surface area contributed by atoms with E-state index in [4.69, 9.17) is 4.74 Å². The topological polar surface area (TPSA) is 139 Å². The molecule has 2 aromatic rings. The third kappa shape index (κ3) is 9.87. The fraction of sp³-hybridized carbons (Fsp3) is 0.448. The Labute approximate surface area is 235 Å². The first-order valence-corrected chi connectivity index (χ1v) is 15.3. The highest BCUT2D eigenvalue weighted by Gasteiger charge is 2.33. The average Bonchev–Trinajstić information content (AvgIpc) is 2.96. The Hall–Kier alpha value is -3.57. The Kier molecular flexibility index (Phi) is 11.8. The van der Waals surface area contributed by atoms with Crippen LogP contribution in [-0.2, 0) is 45.9 Å². The number of benzene rings is 2. The van der Waals surface area contributed by atoms with Crippen molar-refractivity contribution in [2.24, 2.45) is 5.92 Å². The number of Topliss-reactive ketones (excluding diaryl/α,β-unsaturated/α-hetero) is 1. The number of carbonyl (C=O) groups excluding carboxylic acids is 4. The molecule has 2 aromatic carbocycles. The highest BCUT2D eigenvalue weighted by Crippen LogP contribution is 2.16. The highest BCUT2D eigenvalue weighted by molar-refractivity contribution is 7.90. The van der Waals surface area contributed by atoms with Crippen LogP contribution in [0, 0.1) is 5.92 Å². The lowest BCUT2D eigenvalue weighted by molar-refractivity contribution is -0.141. The largest absolute Gasteiger partial charge is 0.378 e. The van der Waals surface area contributed by atoms with Crippen LogP contribution in [0.1, 0.15) is 30.9 Å². The van der Waals surface area contributed by atoms with Crippen molar-refractivity contribution in [1.29, 1.82) is 0 Å². The van der Waals surface area contributed by atoms with Crippen LogP contribution >= 0.6 is 0 Å². The SMILES string of the molecule is CCC(NC(=O)C(CC(=O)N1CCOCC1)CS(=O)(=O)Cc1ccccc1)C(=O)C(=O)NCCc1ccccc1. The molecule has 0 bridgehead atoms. The molecule has 1 heterocycles. The van der Waals surface area contributed by atoms with Crippen LogP contribution in [0.25, 0.3) is 0 Å². The molecule has 2 atom stereocenters. The van der Waals surface area contributed by atoms with Gasteiger partial charge in [0, 0.05) is 26.1 Å². The third-order valence-corrected chi connectivity index (χ3v) is 8.33. The molecule has 2 N–H and O–H groups in total. The zero-order valence-electron chi connectivity index (χ0n) is 22.7. The summed E-state index contributed by atoms with van der Waals surface area (Å²) < 4.78 is 31.4. The van der Waals surface area contributed by atoms with Gasteiger partial charge in [-0.2, -0.15) is 0 Å². The maximum absolute atomic E-state index is 13.3. The minimum absolute atomic E-state index is 0.123. The van der Waals surface area contributed by atoms with Gasteiger partial charge in [-0.15, -0.1) is 0 Å². The normalized spacial score (nSPS) is 15.1. The number of amides is 3. The van der Waals surface area contributed by atoms with E-state index in [-0.39, 0.29) is 31.0 Å². The minimum atomic E-state index is -3.79. The first-order valence-electron chi connectivity index (χ1n) is 13.4. The summed E-state index contributed by atoms with van der Waals surface area (Å²) in [6.45, 7) is 3.31. The van der Waals surface area contributed by atoms with Gasteiger partial charge >= 0.3 is 0 Å². The summed E-state index contributed by atoms with van der Waals surface area (Å²) in [4.78, 5) is 53.2. The number of carbonyl (C=O) groups is 4. The molecule has 0 radical (unpaired) electrons. The van der Waals surface area contributed by atoms with E-state index in [1.54, 1.807) is 37.3 Å². The summed E-state index contributed by atoms with van der Waals surface area (Å²) in [6, 6.07) is 16.9. The Bertz CT molecular complexity index is 1250.